The van der Waals surface area contributed by atoms with Crippen molar-refractivity contribution in [3.05, 3.63) is 95.7 Å². The molecule has 5 heteroatoms. The molecule has 0 amide bonds. The summed E-state index contributed by atoms with van der Waals surface area (Å²) in [6, 6.07) is 21.7. The summed E-state index contributed by atoms with van der Waals surface area (Å²) in [5.41, 5.74) is 5.34. The first-order valence-electron chi connectivity index (χ1n) is 10.4. The molecule has 1 unspecified atom stereocenters. The van der Waals surface area contributed by atoms with Crippen LogP contribution >= 0.6 is 0 Å². The maximum atomic E-state index is 14.3. The lowest BCUT2D eigenvalue weighted by Crippen LogP contribution is -2.48. The van der Waals surface area contributed by atoms with E-state index in [0.29, 0.717) is 5.69 Å². The second-order valence-electron chi connectivity index (χ2n) is 7.84. The van der Waals surface area contributed by atoms with Gasteiger partial charge in [-0.2, -0.15) is 0 Å². The molecule has 1 N–H and O–H groups in total. The molecule has 1 aliphatic rings. The molecule has 4 nitrogen and oxygen atoms in total. The second kappa shape index (κ2) is 7.92. The molecule has 1 saturated heterocycles. The zero-order valence-electron chi connectivity index (χ0n) is 17.1. The summed E-state index contributed by atoms with van der Waals surface area (Å²) in [5, 5.41) is 1.24. The van der Waals surface area contributed by atoms with Gasteiger partial charge in [0.2, 0.25) is 0 Å². The monoisotopic (exact) mass is 400 g/mol. The molecular formula is C25H25FN4. The Morgan fingerprint density at radius 3 is 2.40 bits per heavy atom. The molecule has 0 aliphatic carbocycles. The maximum absolute atomic E-state index is 14.3. The number of piperazine rings is 1. The number of pyridine rings is 1. The predicted molar refractivity (Wildman–Crippen MR) is 119 cm³/mol. The van der Waals surface area contributed by atoms with E-state index in [4.69, 9.17) is 4.98 Å². The SMILES string of the molecule is Cc1[nH]c2ccccc2c1C(c1ccccn1)N1CCN(c2ccccc2F)CC1. The lowest BCUT2D eigenvalue weighted by Gasteiger charge is -2.40. The number of para-hydroxylation sites is 2. The average Bonchev–Trinajstić information content (AvgIpc) is 3.11. The molecule has 1 aliphatic heterocycles. The smallest absolute Gasteiger partial charge is 0.146 e. The highest BCUT2D eigenvalue weighted by atomic mass is 19.1. The van der Waals surface area contributed by atoms with Gasteiger partial charge in [-0.3, -0.25) is 9.88 Å². The first kappa shape index (κ1) is 18.8. The summed E-state index contributed by atoms with van der Waals surface area (Å²) < 4.78 is 14.3. The third kappa shape index (κ3) is 3.35. The van der Waals surface area contributed by atoms with Crippen LogP contribution < -0.4 is 4.90 Å². The number of aromatic nitrogens is 2. The van der Waals surface area contributed by atoms with E-state index < -0.39 is 0 Å². The number of halogens is 1. The molecule has 1 atom stereocenters. The predicted octanol–water partition coefficient (Wildman–Crippen LogP) is 4.92. The van der Waals surface area contributed by atoms with Gasteiger partial charge in [-0.15, -0.1) is 0 Å². The summed E-state index contributed by atoms with van der Waals surface area (Å²) >= 11 is 0. The van der Waals surface area contributed by atoms with Crippen molar-refractivity contribution in [2.75, 3.05) is 31.1 Å². The van der Waals surface area contributed by atoms with Gasteiger partial charge in [0.25, 0.3) is 0 Å². The Hall–Kier alpha value is -3.18. The summed E-state index contributed by atoms with van der Waals surface area (Å²) in [4.78, 5) is 12.9. The van der Waals surface area contributed by atoms with Crippen molar-refractivity contribution in [3.8, 4) is 0 Å². The summed E-state index contributed by atoms with van der Waals surface area (Å²) in [5.74, 6) is -0.153. The molecule has 2 aromatic heterocycles. The number of nitrogens with one attached hydrogen (secondary N) is 1. The Labute approximate surface area is 176 Å². The number of aryl methyl sites for hydroxylation is 1. The number of nitrogens with zero attached hydrogens (tertiary/aromatic N) is 3. The number of anilines is 1. The number of hydrogen-bond donors (Lipinski definition) is 1. The maximum Gasteiger partial charge on any atom is 0.146 e. The molecule has 30 heavy (non-hydrogen) atoms. The fraction of sp³-hybridized carbons (Fsp3) is 0.240. The van der Waals surface area contributed by atoms with Gasteiger partial charge in [0.05, 0.1) is 17.4 Å². The Balaban J connectivity index is 1.50. The Bertz CT molecular complexity index is 1150. The Morgan fingerprint density at radius 1 is 0.900 bits per heavy atom. The minimum Gasteiger partial charge on any atom is -0.367 e. The molecule has 0 spiro atoms. The first-order valence-corrected chi connectivity index (χ1v) is 10.4. The van der Waals surface area contributed by atoms with Gasteiger partial charge in [-0.05, 0) is 37.3 Å². The Kier molecular flexibility index (Phi) is 4.97. The molecule has 3 heterocycles. The van der Waals surface area contributed by atoms with Crippen LogP contribution in [0.4, 0.5) is 10.1 Å². The van der Waals surface area contributed by atoms with Crippen LogP contribution in [0.3, 0.4) is 0 Å². The average molecular weight is 401 g/mol. The topological polar surface area (TPSA) is 35.2 Å². The highest BCUT2D eigenvalue weighted by molar-refractivity contribution is 5.85. The van der Waals surface area contributed by atoms with Gasteiger partial charge in [0.1, 0.15) is 5.82 Å². The number of benzene rings is 2. The normalized spacial score (nSPS) is 16.1. The van der Waals surface area contributed by atoms with Crippen LogP contribution in [0.15, 0.2) is 72.9 Å². The van der Waals surface area contributed by atoms with E-state index in [2.05, 4.69) is 58.1 Å². The first-order chi connectivity index (χ1) is 14.7. The van der Waals surface area contributed by atoms with Crippen LogP contribution in [0.5, 0.6) is 0 Å². The highest BCUT2D eigenvalue weighted by Gasteiger charge is 2.31. The molecule has 0 radical (unpaired) electrons. The van der Waals surface area contributed by atoms with E-state index in [0.717, 1.165) is 37.4 Å². The number of aromatic amines is 1. The Morgan fingerprint density at radius 2 is 1.63 bits per heavy atom. The van der Waals surface area contributed by atoms with Crippen molar-refractivity contribution in [1.82, 2.24) is 14.9 Å². The van der Waals surface area contributed by atoms with Crippen LogP contribution in [-0.2, 0) is 0 Å². The number of fused-ring (bicyclic) bond motifs is 1. The molecule has 4 aromatic rings. The largest absolute Gasteiger partial charge is 0.367 e. The van der Waals surface area contributed by atoms with E-state index in [9.17, 15) is 4.39 Å². The standard InChI is InChI=1S/C25H25FN4/c1-18-24(19-8-2-4-10-21(19)28-18)25(22-11-6-7-13-27-22)30-16-14-29(15-17-30)23-12-5-3-9-20(23)26/h2-13,25,28H,14-17H2,1H3. The minimum atomic E-state index is -0.153. The van der Waals surface area contributed by atoms with E-state index in [1.165, 1.54) is 22.7 Å². The van der Waals surface area contributed by atoms with Crippen LogP contribution in [0.1, 0.15) is 23.0 Å². The molecule has 2 aromatic carbocycles. The fourth-order valence-corrected chi connectivity index (χ4v) is 4.64. The van der Waals surface area contributed by atoms with Crippen LogP contribution in [0, 0.1) is 12.7 Å². The van der Waals surface area contributed by atoms with Crippen molar-refractivity contribution < 1.29 is 4.39 Å². The zero-order valence-corrected chi connectivity index (χ0v) is 17.1. The second-order valence-corrected chi connectivity index (χ2v) is 7.84. The van der Waals surface area contributed by atoms with Gasteiger partial charge in [0.15, 0.2) is 0 Å². The van der Waals surface area contributed by atoms with Crippen LogP contribution in [0.25, 0.3) is 10.9 Å². The van der Waals surface area contributed by atoms with Crippen molar-refractivity contribution in [2.45, 2.75) is 13.0 Å². The van der Waals surface area contributed by atoms with E-state index in [1.807, 2.05) is 24.4 Å². The number of rotatable bonds is 4. The van der Waals surface area contributed by atoms with Gasteiger partial charge in [-0.1, -0.05) is 36.4 Å². The van der Waals surface area contributed by atoms with E-state index in [-0.39, 0.29) is 11.9 Å². The molecule has 152 valence electrons. The van der Waals surface area contributed by atoms with Gasteiger partial charge in [-0.25, -0.2) is 4.39 Å². The third-order valence-corrected chi connectivity index (χ3v) is 6.06. The van der Waals surface area contributed by atoms with E-state index >= 15 is 0 Å². The quantitative estimate of drug-likeness (QED) is 0.528. The van der Waals surface area contributed by atoms with Crippen molar-refractivity contribution >= 4 is 16.6 Å². The molecule has 0 bridgehead atoms. The van der Waals surface area contributed by atoms with Crippen molar-refractivity contribution in [2.24, 2.45) is 0 Å². The zero-order chi connectivity index (χ0) is 20.5. The summed E-state index contributed by atoms with van der Waals surface area (Å²) in [6.07, 6.45) is 1.86. The lowest BCUT2D eigenvalue weighted by atomic mass is 9.97. The molecule has 0 saturated carbocycles. The summed E-state index contributed by atoms with van der Waals surface area (Å²) in [6.45, 7) is 5.39. The van der Waals surface area contributed by atoms with Crippen molar-refractivity contribution in [1.29, 1.82) is 0 Å². The van der Waals surface area contributed by atoms with Crippen molar-refractivity contribution in [3.63, 3.8) is 0 Å². The molecule has 1 fully saturated rings. The van der Waals surface area contributed by atoms with Gasteiger partial charge < -0.3 is 9.88 Å². The number of hydrogen-bond acceptors (Lipinski definition) is 3. The highest BCUT2D eigenvalue weighted by Crippen LogP contribution is 2.36. The van der Waals surface area contributed by atoms with E-state index in [1.54, 1.807) is 6.07 Å². The van der Waals surface area contributed by atoms with Crippen LogP contribution in [-0.4, -0.2) is 41.0 Å². The lowest BCUT2D eigenvalue weighted by molar-refractivity contribution is 0.209. The minimum absolute atomic E-state index is 0.0603. The number of H-pyrrole nitrogens is 1. The summed E-state index contributed by atoms with van der Waals surface area (Å²) in [7, 11) is 0. The van der Waals surface area contributed by atoms with Gasteiger partial charge in [0, 0.05) is 54.5 Å². The van der Waals surface area contributed by atoms with Crippen LogP contribution in [0.2, 0.25) is 0 Å². The molecular weight excluding hydrogens is 375 g/mol. The van der Waals surface area contributed by atoms with Gasteiger partial charge >= 0.3 is 0 Å². The third-order valence-electron chi connectivity index (χ3n) is 6.06. The molecule has 5 rings (SSSR count). The fourth-order valence-electron chi connectivity index (χ4n) is 4.64.